The highest BCUT2D eigenvalue weighted by molar-refractivity contribution is 9.10. The smallest absolute Gasteiger partial charge is 0.272 e. The summed E-state index contributed by atoms with van der Waals surface area (Å²) in [5, 5.41) is 0.661. The first-order valence-electron chi connectivity index (χ1n) is 10.1. The molecule has 0 saturated heterocycles. The molecule has 0 spiro atoms. The number of nitrogens with one attached hydrogen (secondary N) is 1. The number of hydrogen-bond donors (Lipinski definition) is 2. The van der Waals surface area contributed by atoms with Crippen LogP contribution in [0.2, 0.25) is 4.34 Å². The quantitative estimate of drug-likeness (QED) is 0.297. The van der Waals surface area contributed by atoms with E-state index < -0.39 is 15.8 Å². The van der Waals surface area contributed by atoms with Crippen molar-refractivity contribution in [2.75, 3.05) is 10.5 Å². The molecule has 0 atom stereocenters. The van der Waals surface area contributed by atoms with Crippen LogP contribution in [0, 0.1) is 5.82 Å². The van der Waals surface area contributed by atoms with Gasteiger partial charge in [-0.2, -0.15) is 0 Å². The Balaban J connectivity index is 1.54. The largest absolute Gasteiger partial charge is 0.383 e. The van der Waals surface area contributed by atoms with Crippen LogP contribution in [-0.4, -0.2) is 23.0 Å². The number of nitrogens with zero attached hydrogens (tertiary/aromatic N) is 3. The van der Waals surface area contributed by atoms with Crippen molar-refractivity contribution < 1.29 is 12.8 Å². The molecule has 1 saturated carbocycles. The van der Waals surface area contributed by atoms with Gasteiger partial charge in [0.1, 0.15) is 23.6 Å². The van der Waals surface area contributed by atoms with Crippen molar-refractivity contribution in [2.24, 2.45) is 0 Å². The van der Waals surface area contributed by atoms with Gasteiger partial charge >= 0.3 is 0 Å². The summed E-state index contributed by atoms with van der Waals surface area (Å²) in [6.07, 6.45) is 7.76. The van der Waals surface area contributed by atoms with Crippen LogP contribution in [-0.2, 0) is 10.0 Å². The molecule has 5 rings (SSSR count). The first-order valence-corrected chi connectivity index (χ1v) is 13.6. The molecule has 33 heavy (non-hydrogen) atoms. The summed E-state index contributed by atoms with van der Waals surface area (Å²) < 4.78 is 45.5. The van der Waals surface area contributed by atoms with Gasteiger partial charge in [-0.1, -0.05) is 30.5 Å². The molecule has 1 aliphatic carbocycles. The van der Waals surface area contributed by atoms with Gasteiger partial charge in [0.15, 0.2) is 4.21 Å². The SMILES string of the molecule is Nc1ncnc2c1c(-c1ccc(NS(=O)(=O)c3sc(Cl)cc3Br)c(F)c1)cn2C1CCCC1. The average Bonchev–Trinajstić information content (AvgIpc) is 3.48. The first kappa shape index (κ1) is 22.6. The number of sulfonamides is 1. The molecule has 3 N–H and O–H groups in total. The van der Waals surface area contributed by atoms with Gasteiger partial charge in [0.25, 0.3) is 10.0 Å². The predicted molar refractivity (Wildman–Crippen MR) is 133 cm³/mol. The van der Waals surface area contributed by atoms with E-state index in [1.165, 1.54) is 24.5 Å². The minimum Gasteiger partial charge on any atom is -0.383 e. The molecule has 4 aromatic rings. The molecule has 1 fully saturated rings. The van der Waals surface area contributed by atoms with E-state index in [0.29, 0.717) is 42.8 Å². The van der Waals surface area contributed by atoms with E-state index in [4.69, 9.17) is 17.3 Å². The van der Waals surface area contributed by atoms with Crippen molar-refractivity contribution in [1.82, 2.24) is 14.5 Å². The molecule has 0 unspecified atom stereocenters. The highest BCUT2D eigenvalue weighted by atomic mass is 79.9. The molecular formula is C21H18BrClFN5O2S2. The molecule has 172 valence electrons. The second-order valence-corrected chi connectivity index (χ2v) is 12.2. The van der Waals surface area contributed by atoms with E-state index in [1.54, 1.807) is 6.07 Å². The molecule has 1 aliphatic rings. The van der Waals surface area contributed by atoms with Crippen LogP contribution in [0.3, 0.4) is 0 Å². The van der Waals surface area contributed by atoms with Crippen molar-refractivity contribution >= 4 is 71.4 Å². The minimum atomic E-state index is -4.02. The molecule has 1 aromatic carbocycles. The number of nitrogens with two attached hydrogens (primary N) is 1. The monoisotopic (exact) mass is 569 g/mol. The van der Waals surface area contributed by atoms with Crippen molar-refractivity contribution in [3.05, 3.63) is 51.4 Å². The van der Waals surface area contributed by atoms with Crippen molar-refractivity contribution in [1.29, 1.82) is 0 Å². The van der Waals surface area contributed by atoms with Crippen LogP contribution in [0.15, 0.2) is 45.5 Å². The fraction of sp³-hybridized carbons (Fsp3) is 0.238. The fourth-order valence-electron chi connectivity index (χ4n) is 4.25. The van der Waals surface area contributed by atoms with Crippen LogP contribution in [0.1, 0.15) is 31.7 Å². The van der Waals surface area contributed by atoms with Gasteiger partial charge in [-0.15, -0.1) is 11.3 Å². The Morgan fingerprint density at radius 3 is 2.67 bits per heavy atom. The third kappa shape index (κ3) is 4.11. The Kier molecular flexibility index (Phi) is 5.84. The Bertz CT molecular complexity index is 1480. The maximum absolute atomic E-state index is 15.1. The summed E-state index contributed by atoms with van der Waals surface area (Å²) in [6, 6.07) is 6.12. The molecule has 3 aromatic heterocycles. The molecule has 0 amide bonds. The summed E-state index contributed by atoms with van der Waals surface area (Å²) in [6.45, 7) is 0. The zero-order valence-electron chi connectivity index (χ0n) is 17.1. The number of benzene rings is 1. The summed E-state index contributed by atoms with van der Waals surface area (Å²) in [5.41, 5.74) is 7.98. The van der Waals surface area contributed by atoms with Gasteiger partial charge in [-0.25, -0.2) is 22.8 Å². The second kappa shape index (κ2) is 8.53. The zero-order chi connectivity index (χ0) is 23.3. The van der Waals surface area contributed by atoms with E-state index in [-0.39, 0.29) is 9.90 Å². The van der Waals surface area contributed by atoms with Crippen LogP contribution < -0.4 is 10.5 Å². The number of aromatic nitrogens is 3. The Labute approximate surface area is 207 Å². The lowest BCUT2D eigenvalue weighted by molar-refractivity contribution is 0.532. The third-order valence-corrected chi connectivity index (χ3v) is 10.1. The second-order valence-electron chi connectivity index (χ2n) is 7.83. The van der Waals surface area contributed by atoms with Gasteiger partial charge in [0, 0.05) is 17.8 Å². The summed E-state index contributed by atoms with van der Waals surface area (Å²) >= 11 is 9.96. The van der Waals surface area contributed by atoms with E-state index in [2.05, 4.69) is 35.2 Å². The highest BCUT2D eigenvalue weighted by Crippen LogP contribution is 2.40. The van der Waals surface area contributed by atoms with E-state index in [1.807, 2.05) is 6.20 Å². The molecule has 12 heteroatoms. The zero-order valence-corrected chi connectivity index (χ0v) is 21.0. The van der Waals surface area contributed by atoms with Crippen LogP contribution >= 0.6 is 38.9 Å². The van der Waals surface area contributed by atoms with E-state index >= 15 is 4.39 Å². The van der Waals surface area contributed by atoms with Crippen molar-refractivity contribution in [2.45, 2.75) is 35.9 Å². The Morgan fingerprint density at radius 2 is 2.00 bits per heavy atom. The molecule has 0 aliphatic heterocycles. The lowest BCUT2D eigenvalue weighted by Crippen LogP contribution is -2.13. The van der Waals surface area contributed by atoms with Gasteiger partial charge < -0.3 is 10.3 Å². The van der Waals surface area contributed by atoms with Crippen LogP contribution in [0.5, 0.6) is 0 Å². The van der Waals surface area contributed by atoms with E-state index in [0.717, 1.165) is 37.0 Å². The van der Waals surface area contributed by atoms with Crippen molar-refractivity contribution in [3.63, 3.8) is 0 Å². The predicted octanol–water partition coefficient (Wildman–Crippen LogP) is 6.21. The lowest BCUT2D eigenvalue weighted by atomic mass is 10.1. The average molecular weight is 571 g/mol. The standard InChI is InChI=1S/C21H18BrClFN5O2S2/c22-14-8-17(23)32-21(14)33(30,31)28-16-6-5-11(7-15(16)24)13-9-29(12-3-1-2-4-12)20-18(13)19(25)26-10-27-20/h5-10,12,28H,1-4H2,(H2,25,26,27). The number of fused-ring (bicyclic) bond motifs is 1. The van der Waals surface area contributed by atoms with Gasteiger partial charge in [0.05, 0.1) is 19.9 Å². The Hall–Kier alpha value is -2.21. The normalized spacial score (nSPS) is 14.9. The van der Waals surface area contributed by atoms with Gasteiger partial charge in [0.2, 0.25) is 0 Å². The minimum absolute atomic E-state index is 0.0273. The number of nitrogen functional groups attached to an aromatic ring is 1. The summed E-state index contributed by atoms with van der Waals surface area (Å²) in [4.78, 5) is 8.56. The highest BCUT2D eigenvalue weighted by Gasteiger charge is 2.25. The Morgan fingerprint density at radius 1 is 1.24 bits per heavy atom. The molecule has 3 heterocycles. The maximum Gasteiger partial charge on any atom is 0.272 e. The number of hydrogen-bond acceptors (Lipinski definition) is 6. The van der Waals surface area contributed by atoms with E-state index in [9.17, 15) is 8.42 Å². The van der Waals surface area contributed by atoms with Gasteiger partial charge in [-0.05, 0) is 52.5 Å². The van der Waals surface area contributed by atoms with Gasteiger partial charge in [-0.3, -0.25) is 4.72 Å². The summed E-state index contributed by atoms with van der Waals surface area (Å²) in [7, 11) is -4.02. The summed E-state index contributed by atoms with van der Waals surface area (Å²) in [5.74, 6) is -0.400. The fourth-order valence-corrected chi connectivity index (χ4v) is 8.33. The lowest BCUT2D eigenvalue weighted by Gasteiger charge is -2.12. The molecule has 7 nitrogen and oxygen atoms in total. The van der Waals surface area contributed by atoms with Crippen LogP contribution in [0.25, 0.3) is 22.2 Å². The first-order chi connectivity index (χ1) is 15.7. The number of thiophene rings is 1. The topological polar surface area (TPSA) is 103 Å². The maximum atomic E-state index is 15.1. The van der Waals surface area contributed by atoms with Crippen LogP contribution in [0.4, 0.5) is 15.9 Å². The number of halogens is 3. The molecule has 0 radical (unpaired) electrons. The number of rotatable bonds is 5. The molecular weight excluding hydrogens is 553 g/mol. The molecule has 0 bridgehead atoms. The van der Waals surface area contributed by atoms with Crippen molar-refractivity contribution in [3.8, 4) is 11.1 Å². The number of anilines is 2. The third-order valence-electron chi connectivity index (χ3n) is 5.75.